The van der Waals surface area contributed by atoms with Gasteiger partial charge in [0.05, 0.1) is 5.52 Å². The Morgan fingerprint density at radius 1 is 1.24 bits per heavy atom. The number of aryl methyl sites for hydroxylation is 2. The number of H-pyrrole nitrogens is 1. The summed E-state index contributed by atoms with van der Waals surface area (Å²) in [5.74, 6) is -0.105. The second-order valence-electron chi connectivity index (χ2n) is 5.66. The fourth-order valence-corrected chi connectivity index (χ4v) is 2.55. The van der Waals surface area contributed by atoms with Crippen molar-refractivity contribution in [2.45, 2.75) is 13.8 Å². The number of hydrogen-bond acceptors (Lipinski definition) is 4. The summed E-state index contributed by atoms with van der Waals surface area (Å²) >= 11 is 5.95. The van der Waals surface area contributed by atoms with Gasteiger partial charge in [-0.15, -0.1) is 10.2 Å². The third-order valence-corrected chi connectivity index (χ3v) is 3.91. The van der Waals surface area contributed by atoms with Crippen LogP contribution in [0.3, 0.4) is 0 Å². The highest BCUT2D eigenvalue weighted by molar-refractivity contribution is 6.31. The van der Waals surface area contributed by atoms with Crippen molar-refractivity contribution < 1.29 is 14.6 Å². The van der Waals surface area contributed by atoms with E-state index in [1.807, 2.05) is 32.0 Å². The SMILES string of the molecule is Cc1ccc(C)c(OCC(=O)N=Nc2c(O)[nH]c3ccc(Cl)cc23)c1. The van der Waals surface area contributed by atoms with E-state index in [9.17, 15) is 9.90 Å². The van der Waals surface area contributed by atoms with Gasteiger partial charge in [0.15, 0.2) is 12.3 Å². The average molecular weight is 358 g/mol. The Balaban J connectivity index is 1.74. The molecular weight excluding hydrogens is 342 g/mol. The van der Waals surface area contributed by atoms with Gasteiger partial charge in [0, 0.05) is 10.4 Å². The van der Waals surface area contributed by atoms with Gasteiger partial charge in [0.1, 0.15) is 5.75 Å². The highest BCUT2D eigenvalue weighted by atomic mass is 35.5. The molecule has 0 saturated carbocycles. The maximum atomic E-state index is 11.9. The third-order valence-electron chi connectivity index (χ3n) is 3.67. The number of nitrogens with one attached hydrogen (secondary N) is 1. The number of aromatic nitrogens is 1. The van der Waals surface area contributed by atoms with Crippen molar-refractivity contribution >= 4 is 34.1 Å². The number of carbonyl (C=O) groups excluding carboxylic acids is 1. The van der Waals surface area contributed by atoms with E-state index in [-0.39, 0.29) is 18.2 Å². The van der Waals surface area contributed by atoms with Crippen LogP contribution in [0.4, 0.5) is 5.69 Å². The first-order valence-electron chi connectivity index (χ1n) is 7.59. The van der Waals surface area contributed by atoms with Crippen molar-refractivity contribution in [3.05, 3.63) is 52.5 Å². The van der Waals surface area contributed by atoms with Gasteiger partial charge in [-0.1, -0.05) is 23.7 Å². The van der Waals surface area contributed by atoms with E-state index in [0.717, 1.165) is 11.1 Å². The van der Waals surface area contributed by atoms with Gasteiger partial charge in [-0.2, -0.15) is 0 Å². The zero-order valence-corrected chi connectivity index (χ0v) is 14.5. The number of benzene rings is 2. The monoisotopic (exact) mass is 357 g/mol. The average Bonchev–Trinajstić information content (AvgIpc) is 2.88. The molecule has 1 amide bonds. The summed E-state index contributed by atoms with van der Waals surface area (Å²) < 4.78 is 5.49. The lowest BCUT2D eigenvalue weighted by atomic mass is 10.1. The molecule has 6 nitrogen and oxygen atoms in total. The normalized spacial score (nSPS) is 11.3. The Hall–Kier alpha value is -2.86. The van der Waals surface area contributed by atoms with Crippen molar-refractivity contribution in [1.82, 2.24) is 4.98 Å². The summed E-state index contributed by atoms with van der Waals surface area (Å²) in [7, 11) is 0. The Kier molecular flexibility index (Phi) is 4.72. The van der Waals surface area contributed by atoms with E-state index in [0.29, 0.717) is 21.7 Å². The second-order valence-corrected chi connectivity index (χ2v) is 6.10. The number of fused-ring (bicyclic) bond motifs is 1. The molecule has 0 radical (unpaired) electrons. The van der Waals surface area contributed by atoms with Crippen molar-refractivity contribution in [2.75, 3.05) is 6.61 Å². The largest absolute Gasteiger partial charge is 0.493 e. The van der Waals surface area contributed by atoms with Crippen molar-refractivity contribution in [1.29, 1.82) is 0 Å². The van der Waals surface area contributed by atoms with Gasteiger partial charge in [-0.05, 0) is 49.2 Å². The minimum atomic E-state index is -0.559. The molecule has 1 heterocycles. The first-order valence-corrected chi connectivity index (χ1v) is 7.96. The maximum Gasteiger partial charge on any atom is 0.302 e. The summed E-state index contributed by atoms with van der Waals surface area (Å²) in [6.07, 6.45) is 0. The van der Waals surface area contributed by atoms with Crippen LogP contribution >= 0.6 is 11.6 Å². The topological polar surface area (TPSA) is 87.0 Å². The Bertz CT molecular complexity index is 979. The highest BCUT2D eigenvalue weighted by Gasteiger charge is 2.12. The molecule has 3 aromatic rings. The van der Waals surface area contributed by atoms with Crippen LogP contribution in [-0.4, -0.2) is 22.6 Å². The Morgan fingerprint density at radius 2 is 2.04 bits per heavy atom. The van der Waals surface area contributed by atoms with Gasteiger partial charge in [-0.25, -0.2) is 0 Å². The van der Waals surface area contributed by atoms with E-state index in [2.05, 4.69) is 15.2 Å². The van der Waals surface area contributed by atoms with Gasteiger partial charge in [0.25, 0.3) is 0 Å². The summed E-state index contributed by atoms with van der Waals surface area (Å²) in [4.78, 5) is 14.7. The molecule has 7 heteroatoms. The number of halogens is 1. The lowest BCUT2D eigenvalue weighted by molar-refractivity contribution is -0.120. The first kappa shape index (κ1) is 17.0. The molecule has 3 rings (SSSR count). The molecule has 0 fully saturated rings. The smallest absolute Gasteiger partial charge is 0.302 e. The molecule has 0 unspecified atom stereocenters. The zero-order valence-electron chi connectivity index (χ0n) is 13.7. The predicted molar refractivity (Wildman–Crippen MR) is 95.9 cm³/mol. The Labute approximate surface area is 149 Å². The number of amides is 1. The highest BCUT2D eigenvalue weighted by Crippen LogP contribution is 2.36. The number of hydrogen-bond donors (Lipinski definition) is 2. The van der Waals surface area contributed by atoms with Crippen LogP contribution in [0.1, 0.15) is 11.1 Å². The van der Waals surface area contributed by atoms with Crippen molar-refractivity contribution in [3.8, 4) is 11.6 Å². The molecule has 2 aromatic carbocycles. The van der Waals surface area contributed by atoms with E-state index in [4.69, 9.17) is 16.3 Å². The fraction of sp³-hybridized carbons (Fsp3) is 0.167. The molecule has 25 heavy (non-hydrogen) atoms. The van der Waals surface area contributed by atoms with Gasteiger partial charge in [0.2, 0.25) is 5.88 Å². The van der Waals surface area contributed by atoms with Crippen molar-refractivity contribution in [2.24, 2.45) is 10.2 Å². The first-order chi connectivity index (χ1) is 11.9. The molecule has 2 N–H and O–H groups in total. The number of rotatable bonds is 4. The van der Waals surface area contributed by atoms with E-state index < -0.39 is 5.91 Å². The van der Waals surface area contributed by atoms with Crippen LogP contribution in [0.15, 0.2) is 46.6 Å². The molecule has 0 spiro atoms. The van der Waals surface area contributed by atoms with Gasteiger partial charge in [-0.3, -0.25) is 4.79 Å². The molecule has 1 aromatic heterocycles. The fourth-order valence-electron chi connectivity index (χ4n) is 2.37. The molecule has 0 aliphatic heterocycles. The van der Waals surface area contributed by atoms with Crippen LogP contribution < -0.4 is 4.74 Å². The Morgan fingerprint density at radius 3 is 2.84 bits per heavy atom. The van der Waals surface area contributed by atoms with Gasteiger partial charge < -0.3 is 14.8 Å². The lowest BCUT2D eigenvalue weighted by Crippen LogP contribution is -2.08. The standard InChI is InChI=1S/C18H16ClN3O3/c1-10-3-4-11(2)15(7-10)25-9-16(23)21-22-17-13-8-12(19)5-6-14(13)20-18(17)24/h3-8,20,24H,9H2,1-2H3. The van der Waals surface area contributed by atoms with Crippen LogP contribution in [0.2, 0.25) is 5.02 Å². The van der Waals surface area contributed by atoms with E-state index in [1.165, 1.54) is 0 Å². The summed E-state index contributed by atoms with van der Waals surface area (Å²) in [5.41, 5.74) is 2.78. The number of ether oxygens (including phenoxy) is 1. The van der Waals surface area contributed by atoms with Crippen LogP contribution in [-0.2, 0) is 4.79 Å². The molecule has 0 aliphatic carbocycles. The summed E-state index contributed by atoms with van der Waals surface area (Å²) in [6, 6.07) is 10.8. The number of nitrogens with zero attached hydrogens (tertiary/aromatic N) is 2. The van der Waals surface area contributed by atoms with Crippen molar-refractivity contribution in [3.63, 3.8) is 0 Å². The second kappa shape index (κ2) is 6.94. The number of carbonyl (C=O) groups is 1. The molecule has 0 saturated heterocycles. The molecule has 0 atom stereocenters. The van der Waals surface area contributed by atoms with E-state index >= 15 is 0 Å². The van der Waals surface area contributed by atoms with Crippen LogP contribution in [0, 0.1) is 13.8 Å². The number of azo groups is 1. The molecule has 0 aliphatic rings. The lowest BCUT2D eigenvalue weighted by Gasteiger charge is -2.07. The number of aromatic amines is 1. The molecular formula is C18H16ClN3O3. The molecule has 0 bridgehead atoms. The van der Waals surface area contributed by atoms with Crippen LogP contribution in [0.5, 0.6) is 11.6 Å². The van der Waals surface area contributed by atoms with Gasteiger partial charge >= 0.3 is 5.91 Å². The number of aromatic hydroxyl groups is 1. The summed E-state index contributed by atoms with van der Waals surface area (Å²) in [5, 5.41) is 18.4. The molecule has 128 valence electrons. The quantitative estimate of drug-likeness (QED) is 0.655. The zero-order chi connectivity index (χ0) is 18.0. The minimum Gasteiger partial charge on any atom is -0.493 e. The maximum absolute atomic E-state index is 11.9. The minimum absolute atomic E-state index is 0.164. The summed E-state index contributed by atoms with van der Waals surface area (Å²) in [6.45, 7) is 3.60. The van der Waals surface area contributed by atoms with Crippen LogP contribution in [0.25, 0.3) is 10.9 Å². The van der Waals surface area contributed by atoms with E-state index in [1.54, 1.807) is 18.2 Å². The third kappa shape index (κ3) is 3.80. The predicted octanol–water partition coefficient (Wildman–Crippen LogP) is 4.83.